The predicted molar refractivity (Wildman–Crippen MR) is 136 cm³/mol. The van der Waals surface area contributed by atoms with E-state index in [0.717, 1.165) is 35.6 Å². The molecule has 2 aliphatic rings. The number of benzene rings is 1. The van der Waals surface area contributed by atoms with Gasteiger partial charge in [0.05, 0.1) is 31.5 Å². The predicted octanol–water partition coefficient (Wildman–Crippen LogP) is 3.44. The Kier molecular flexibility index (Phi) is 7.25. The molecule has 3 amide bonds. The van der Waals surface area contributed by atoms with Crippen molar-refractivity contribution in [3.63, 3.8) is 0 Å². The van der Waals surface area contributed by atoms with Crippen molar-refractivity contribution in [2.24, 2.45) is 5.41 Å². The van der Waals surface area contributed by atoms with Gasteiger partial charge in [0, 0.05) is 41.9 Å². The molecule has 1 fully saturated rings. The number of urea groups is 1. The Bertz CT molecular complexity index is 1080. The van der Waals surface area contributed by atoms with Crippen molar-refractivity contribution in [3.05, 3.63) is 35.5 Å². The Hall–Kier alpha value is -3.20. The maximum absolute atomic E-state index is 13.0. The van der Waals surface area contributed by atoms with E-state index in [0.29, 0.717) is 44.4 Å². The fraction of sp³-hybridized carbons (Fsp3) is 0.538. The number of ether oxygens (including phenoxy) is 1. The van der Waals surface area contributed by atoms with Crippen molar-refractivity contribution in [1.82, 2.24) is 20.2 Å². The third kappa shape index (κ3) is 5.56. The molecule has 2 N–H and O–H groups in total. The van der Waals surface area contributed by atoms with E-state index in [2.05, 4.69) is 22.5 Å². The van der Waals surface area contributed by atoms with Crippen LogP contribution >= 0.6 is 0 Å². The molecule has 188 valence electrons. The summed E-state index contributed by atoms with van der Waals surface area (Å²) in [5, 5.41) is 5.54. The number of nitrogens with zero attached hydrogens (tertiary/aromatic N) is 4. The van der Waals surface area contributed by atoms with Gasteiger partial charge in [-0.05, 0) is 44.5 Å². The van der Waals surface area contributed by atoms with E-state index >= 15 is 0 Å². The van der Waals surface area contributed by atoms with E-state index in [9.17, 15) is 9.59 Å². The summed E-state index contributed by atoms with van der Waals surface area (Å²) in [5.74, 6) is 1.69. The molecule has 1 atom stereocenters. The van der Waals surface area contributed by atoms with E-state index < -0.39 is 5.41 Å². The van der Waals surface area contributed by atoms with Gasteiger partial charge in [-0.25, -0.2) is 14.8 Å². The summed E-state index contributed by atoms with van der Waals surface area (Å²) in [6.45, 7) is 13.7. The molecule has 9 heteroatoms. The molecular formula is C26H36N6O3. The third-order valence-electron chi connectivity index (χ3n) is 6.35. The summed E-state index contributed by atoms with van der Waals surface area (Å²) in [7, 11) is 0. The normalized spacial score (nSPS) is 18.1. The Morgan fingerprint density at radius 1 is 1.14 bits per heavy atom. The minimum Gasteiger partial charge on any atom is -0.377 e. The number of carbonyl (C=O) groups is 2. The summed E-state index contributed by atoms with van der Waals surface area (Å²) in [4.78, 5) is 39.0. The highest BCUT2D eigenvalue weighted by Crippen LogP contribution is 2.33. The number of nitrogens with one attached hydrogen (secondary N) is 2. The molecule has 0 saturated carbocycles. The zero-order chi connectivity index (χ0) is 25.2. The van der Waals surface area contributed by atoms with E-state index in [1.165, 1.54) is 0 Å². The maximum Gasteiger partial charge on any atom is 0.319 e. The number of aromatic nitrogens is 2. The Morgan fingerprint density at radius 3 is 2.54 bits per heavy atom. The van der Waals surface area contributed by atoms with Crippen LogP contribution in [-0.4, -0.2) is 65.7 Å². The number of hydrogen-bond donors (Lipinski definition) is 2. The van der Waals surface area contributed by atoms with E-state index in [1.807, 2.05) is 56.9 Å². The highest BCUT2D eigenvalue weighted by Gasteiger charge is 2.33. The van der Waals surface area contributed by atoms with Gasteiger partial charge >= 0.3 is 6.03 Å². The number of rotatable bonds is 4. The number of amides is 3. The molecule has 3 heterocycles. The second kappa shape index (κ2) is 10.2. The van der Waals surface area contributed by atoms with Crippen LogP contribution in [0.5, 0.6) is 0 Å². The Labute approximate surface area is 207 Å². The van der Waals surface area contributed by atoms with Gasteiger partial charge in [-0.3, -0.25) is 4.79 Å². The molecule has 1 aromatic heterocycles. The SMILES string of the molecule is CCNC(=O)Nc1ccc(-c2nc3c(c(N4CCOC[C@@H]4C)n2)CCN(C(=O)C(C)(C)C)C3)cc1. The number of hydrogen-bond acceptors (Lipinski definition) is 6. The van der Waals surface area contributed by atoms with Gasteiger partial charge < -0.3 is 25.2 Å². The molecule has 0 aliphatic carbocycles. The lowest BCUT2D eigenvalue weighted by molar-refractivity contribution is -0.140. The average molecular weight is 481 g/mol. The first-order valence-electron chi connectivity index (χ1n) is 12.4. The van der Waals surface area contributed by atoms with Crippen molar-refractivity contribution >= 4 is 23.4 Å². The second-order valence-electron chi connectivity index (χ2n) is 10.2. The molecule has 2 aromatic rings. The van der Waals surface area contributed by atoms with Crippen molar-refractivity contribution in [1.29, 1.82) is 0 Å². The first-order valence-corrected chi connectivity index (χ1v) is 12.4. The fourth-order valence-corrected chi connectivity index (χ4v) is 4.51. The van der Waals surface area contributed by atoms with Crippen molar-refractivity contribution in [2.45, 2.75) is 53.6 Å². The van der Waals surface area contributed by atoms with Gasteiger partial charge in [-0.2, -0.15) is 0 Å². The second-order valence-corrected chi connectivity index (χ2v) is 10.2. The lowest BCUT2D eigenvalue weighted by atomic mass is 9.93. The van der Waals surface area contributed by atoms with Crippen LogP contribution in [0.3, 0.4) is 0 Å². The zero-order valence-corrected chi connectivity index (χ0v) is 21.4. The van der Waals surface area contributed by atoms with E-state index in [4.69, 9.17) is 14.7 Å². The quantitative estimate of drug-likeness (QED) is 0.696. The molecule has 1 aromatic carbocycles. The first kappa shape index (κ1) is 24.9. The summed E-state index contributed by atoms with van der Waals surface area (Å²) in [6, 6.07) is 7.48. The monoisotopic (exact) mass is 480 g/mol. The zero-order valence-electron chi connectivity index (χ0n) is 21.4. The molecule has 4 rings (SSSR count). The smallest absolute Gasteiger partial charge is 0.319 e. The van der Waals surface area contributed by atoms with Crippen LogP contribution in [-0.2, 0) is 22.5 Å². The van der Waals surface area contributed by atoms with E-state index in [1.54, 1.807) is 0 Å². The van der Waals surface area contributed by atoms with Gasteiger partial charge in [0.15, 0.2) is 5.82 Å². The topological polar surface area (TPSA) is 99.7 Å². The van der Waals surface area contributed by atoms with E-state index in [-0.39, 0.29) is 18.0 Å². The maximum atomic E-state index is 13.0. The molecule has 0 spiro atoms. The molecule has 9 nitrogen and oxygen atoms in total. The lowest BCUT2D eigenvalue weighted by Gasteiger charge is -2.38. The molecule has 35 heavy (non-hydrogen) atoms. The standard InChI is InChI=1S/C26H36N6O3/c1-6-27-25(34)28-19-9-7-18(8-10-19)22-29-21-15-31(24(33)26(3,4)5)12-11-20(21)23(30-22)32-13-14-35-16-17(32)2/h7-10,17H,6,11-16H2,1-5H3,(H2,27,28,34)/t17-/m0/s1. The van der Waals surface area contributed by atoms with Gasteiger partial charge in [0.1, 0.15) is 5.82 Å². The number of fused-ring (bicyclic) bond motifs is 1. The van der Waals surface area contributed by atoms with Crippen LogP contribution in [0.1, 0.15) is 45.9 Å². The minimum atomic E-state index is -0.443. The number of carbonyl (C=O) groups excluding carboxylic acids is 2. The van der Waals surface area contributed by atoms with Crippen LogP contribution in [0.25, 0.3) is 11.4 Å². The highest BCUT2D eigenvalue weighted by molar-refractivity contribution is 5.89. The minimum absolute atomic E-state index is 0.130. The molecule has 0 bridgehead atoms. The van der Waals surface area contributed by atoms with Gasteiger partial charge in [0.25, 0.3) is 0 Å². The van der Waals surface area contributed by atoms with Crippen LogP contribution in [0.4, 0.5) is 16.3 Å². The molecule has 0 unspecified atom stereocenters. The molecular weight excluding hydrogens is 444 g/mol. The van der Waals surface area contributed by atoms with Gasteiger partial charge in [0.2, 0.25) is 5.91 Å². The third-order valence-corrected chi connectivity index (χ3v) is 6.35. The first-order chi connectivity index (χ1) is 16.7. The lowest BCUT2D eigenvalue weighted by Crippen LogP contribution is -2.46. The molecule has 0 radical (unpaired) electrons. The van der Waals surface area contributed by atoms with Crippen molar-refractivity contribution < 1.29 is 14.3 Å². The number of anilines is 2. The largest absolute Gasteiger partial charge is 0.377 e. The van der Waals surface area contributed by atoms with Crippen LogP contribution < -0.4 is 15.5 Å². The van der Waals surface area contributed by atoms with Crippen molar-refractivity contribution in [3.8, 4) is 11.4 Å². The average Bonchev–Trinajstić information content (AvgIpc) is 2.83. The number of morpholine rings is 1. The van der Waals surface area contributed by atoms with Crippen LogP contribution in [0.2, 0.25) is 0 Å². The van der Waals surface area contributed by atoms with Crippen LogP contribution in [0, 0.1) is 5.41 Å². The van der Waals surface area contributed by atoms with Gasteiger partial charge in [-0.1, -0.05) is 20.8 Å². The molecule has 1 saturated heterocycles. The summed E-state index contributed by atoms with van der Waals surface area (Å²) in [6.07, 6.45) is 0.728. The van der Waals surface area contributed by atoms with Crippen molar-refractivity contribution in [2.75, 3.05) is 43.1 Å². The molecule has 2 aliphatic heterocycles. The fourth-order valence-electron chi connectivity index (χ4n) is 4.51. The highest BCUT2D eigenvalue weighted by atomic mass is 16.5. The summed E-state index contributed by atoms with van der Waals surface area (Å²) in [5.41, 5.74) is 3.13. The Morgan fingerprint density at radius 2 is 1.89 bits per heavy atom. The summed E-state index contributed by atoms with van der Waals surface area (Å²) >= 11 is 0. The van der Waals surface area contributed by atoms with Gasteiger partial charge in [-0.15, -0.1) is 0 Å². The Balaban J connectivity index is 1.69. The summed E-state index contributed by atoms with van der Waals surface area (Å²) < 4.78 is 5.66. The van der Waals surface area contributed by atoms with Crippen LogP contribution in [0.15, 0.2) is 24.3 Å².